The Kier molecular flexibility index (Phi) is 5.10. The summed E-state index contributed by atoms with van der Waals surface area (Å²) in [5.41, 5.74) is 2.10. The number of nitrogens with zero attached hydrogens (tertiary/aromatic N) is 2. The van der Waals surface area contributed by atoms with Gasteiger partial charge < -0.3 is 5.32 Å². The maximum Gasteiger partial charge on any atom is 0.307 e. The van der Waals surface area contributed by atoms with E-state index < -0.39 is 0 Å². The number of amides is 1. The monoisotopic (exact) mass is 377 g/mol. The molecule has 0 bridgehead atoms. The third kappa shape index (κ3) is 4.02. The van der Waals surface area contributed by atoms with E-state index >= 15 is 0 Å². The van der Waals surface area contributed by atoms with Crippen molar-refractivity contribution in [2.24, 2.45) is 0 Å². The van der Waals surface area contributed by atoms with E-state index in [4.69, 9.17) is 0 Å². The molecule has 1 amide bonds. The summed E-state index contributed by atoms with van der Waals surface area (Å²) in [5.74, 6) is -0.567. The number of halogens is 1. The third-order valence-electron chi connectivity index (χ3n) is 3.73. The van der Waals surface area contributed by atoms with Gasteiger partial charge in [0, 0.05) is 22.4 Å². The van der Waals surface area contributed by atoms with Crippen LogP contribution in [0.15, 0.2) is 34.4 Å². The zero-order valence-corrected chi connectivity index (χ0v) is 15.3. The van der Waals surface area contributed by atoms with E-state index in [-0.39, 0.29) is 23.1 Å². The lowest BCUT2D eigenvalue weighted by Gasteiger charge is -2.04. The fourth-order valence-electron chi connectivity index (χ4n) is 2.36. The van der Waals surface area contributed by atoms with Crippen molar-refractivity contribution in [2.75, 3.05) is 5.32 Å². The van der Waals surface area contributed by atoms with Gasteiger partial charge in [0.1, 0.15) is 12.4 Å². The molecule has 5 nitrogen and oxygen atoms in total. The molecule has 0 saturated carbocycles. The van der Waals surface area contributed by atoms with Crippen LogP contribution in [0.5, 0.6) is 0 Å². The van der Waals surface area contributed by atoms with Crippen molar-refractivity contribution < 1.29 is 9.18 Å². The van der Waals surface area contributed by atoms with E-state index in [1.165, 1.54) is 22.0 Å². The van der Waals surface area contributed by atoms with Gasteiger partial charge in [-0.25, -0.2) is 9.37 Å². The number of hydrogen-bond donors (Lipinski definition) is 1. The van der Waals surface area contributed by atoms with Crippen LogP contribution < -0.4 is 10.2 Å². The Balaban J connectivity index is 1.71. The lowest BCUT2D eigenvalue weighted by atomic mass is 10.1. The Labute approximate surface area is 151 Å². The Morgan fingerprint density at radius 3 is 2.76 bits per heavy atom. The molecule has 1 N–H and O–H groups in total. The van der Waals surface area contributed by atoms with Gasteiger partial charge in [0.15, 0.2) is 5.13 Å². The quantitative estimate of drug-likeness (QED) is 0.742. The standard InChI is InChI=1S/C17H16FN3O2S2/c1-10-9-24-17(23)21(10)8-15(22)20-16-19-11(2)14(25-16)7-12-5-3-4-6-13(12)18/h3-6,9H,7-8H2,1-2H3,(H,19,20,22). The zero-order valence-electron chi connectivity index (χ0n) is 13.7. The van der Waals surface area contributed by atoms with Crippen LogP contribution in [0.1, 0.15) is 21.8 Å². The van der Waals surface area contributed by atoms with Crippen LogP contribution in [0.3, 0.4) is 0 Å². The Bertz CT molecular complexity index is 974. The molecule has 0 aliphatic rings. The maximum absolute atomic E-state index is 13.8. The van der Waals surface area contributed by atoms with Crippen molar-refractivity contribution in [3.8, 4) is 0 Å². The first-order valence-corrected chi connectivity index (χ1v) is 9.28. The number of carbonyl (C=O) groups excluding carboxylic acids is 1. The van der Waals surface area contributed by atoms with Gasteiger partial charge in [-0.1, -0.05) is 29.5 Å². The second-order valence-electron chi connectivity index (χ2n) is 5.57. The summed E-state index contributed by atoms with van der Waals surface area (Å²) in [6, 6.07) is 6.60. The van der Waals surface area contributed by atoms with Crippen LogP contribution in [0.4, 0.5) is 9.52 Å². The fourth-order valence-corrected chi connectivity index (χ4v) is 4.10. The van der Waals surface area contributed by atoms with Gasteiger partial charge in [-0.3, -0.25) is 14.2 Å². The molecule has 3 rings (SSSR count). The van der Waals surface area contributed by atoms with Crippen LogP contribution in [0, 0.1) is 19.7 Å². The molecular weight excluding hydrogens is 361 g/mol. The van der Waals surface area contributed by atoms with E-state index in [1.807, 2.05) is 6.92 Å². The third-order valence-corrected chi connectivity index (χ3v) is 5.68. The van der Waals surface area contributed by atoms with Crippen LogP contribution in [-0.4, -0.2) is 15.5 Å². The number of aryl methyl sites for hydroxylation is 2. The molecule has 0 fully saturated rings. The molecule has 0 atom stereocenters. The van der Waals surface area contributed by atoms with Crippen LogP contribution >= 0.6 is 22.7 Å². The molecule has 0 aliphatic heterocycles. The number of thiazole rings is 2. The zero-order chi connectivity index (χ0) is 18.0. The van der Waals surface area contributed by atoms with Crippen LogP contribution in [0.25, 0.3) is 0 Å². The summed E-state index contributed by atoms with van der Waals surface area (Å²) < 4.78 is 15.2. The molecule has 0 unspecified atom stereocenters. The minimum absolute atomic E-state index is 0.0462. The van der Waals surface area contributed by atoms with Crippen molar-refractivity contribution >= 4 is 33.7 Å². The smallest absolute Gasteiger partial charge is 0.300 e. The highest BCUT2D eigenvalue weighted by Gasteiger charge is 2.14. The van der Waals surface area contributed by atoms with Crippen LogP contribution in [0.2, 0.25) is 0 Å². The lowest BCUT2D eigenvalue weighted by Crippen LogP contribution is -2.25. The van der Waals surface area contributed by atoms with Crippen molar-refractivity contribution in [1.29, 1.82) is 0 Å². The summed E-state index contributed by atoms with van der Waals surface area (Å²) in [6.45, 7) is 3.57. The molecule has 130 valence electrons. The van der Waals surface area contributed by atoms with E-state index in [1.54, 1.807) is 30.5 Å². The summed E-state index contributed by atoms with van der Waals surface area (Å²) in [5, 5.41) is 4.89. The first kappa shape index (κ1) is 17.5. The number of benzene rings is 1. The summed E-state index contributed by atoms with van der Waals surface area (Å²) in [7, 11) is 0. The predicted molar refractivity (Wildman–Crippen MR) is 98.0 cm³/mol. The molecular formula is C17H16FN3O2S2. The molecule has 0 spiro atoms. The average Bonchev–Trinajstić information content (AvgIpc) is 3.06. The van der Waals surface area contributed by atoms with Gasteiger partial charge in [0.2, 0.25) is 5.91 Å². The van der Waals surface area contributed by atoms with Crippen molar-refractivity contribution in [3.63, 3.8) is 0 Å². The largest absolute Gasteiger partial charge is 0.307 e. The lowest BCUT2D eigenvalue weighted by molar-refractivity contribution is -0.116. The Morgan fingerprint density at radius 1 is 1.32 bits per heavy atom. The first-order valence-electron chi connectivity index (χ1n) is 7.58. The number of hydrogen-bond acceptors (Lipinski definition) is 5. The highest BCUT2D eigenvalue weighted by molar-refractivity contribution is 7.15. The number of carbonyl (C=O) groups is 1. The molecule has 3 aromatic rings. The number of anilines is 1. The highest BCUT2D eigenvalue weighted by Crippen LogP contribution is 2.26. The topological polar surface area (TPSA) is 64.0 Å². The fraction of sp³-hybridized carbons (Fsp3) is 0.235. The molecule has 0 saturated heterocycles. The first-order chi connectivity index (χ1) is 11.9. The SMILES string of the molecule is Cc1nc(NC(=O)Cn2c(C)csc2=O)sc1Cc1ccccc1F. The van der Waals surface area contributed by atoms with Gasteiger partial charge >= 0.3 is 4.87 Å². The summed E-state index contributed by atoms with van der Waals surface area (Å²) in [6.07, 6.45) is 0.426. The molecule has 0 aliphatic carbocycles. The maximum atomic E-state index is 13.8. The predicted octanol–water partition coefficient (Wildman–Crippen LogP) is 3.35. The minimum Gasteiger partial charge on any atom is -0.300 e. The van der Waals surface area contributed by atoms with Crippen molar-refractivity contribution in [3.05, 3.63) is 67.0 Å². The van der Waals surface area contributed by atoms with Gasteiger partial charge in [-0.15, -0.1) is 11.3 Å². The minimum atomic E-state index is -0.310. The van der Waals surface area contributed by atoms with E-state index in [0.717, 1.165) is 27.6 Å². The second kappa shape index (κ2) is 7.28. The summed E-state index contributed by atoms with van der Waals surface area (Å²) >= 11 is 2.39. The van der Waals surface area contributed by atoms with Gasteiger partial charge in [-0.2, -0.15) is 0 Å². The molecule has 1 aromatic carbocycles. The normalized spacial score (nSPS) is 10.8. The number of nitrogens with one attached hydrogen (secondary N) is 1. The second-order valence-corrected chi connectivity index (χ2v) is 7.48. The number of rotatable bonds is 5. The summed E-state index contributed by atoms with van der Waals surface area (Å²) in [4.78, 5) is 28.9. The van der Waals surface area contributed by atoms with Gasteiger partial charge in [0.25, 0.3) is 0 Å². The van der Waals surface area contributed by atoms with E-state index in [9.17, 15) is 14.0 Å². The van der Waals surface area contributed by atoms with E-state index in [0.29, 0.717) is 17.1 Å². The van der Waals surface area contributed by atoms with E-state index in [2.05, 4.69) is 10.3 Å². The van der Waals surface area contributed by atoms with Crippen molar-refractivity contribution in [1.82, 2.24) is 9.55 Å². The molecule has 2 aromatic heterocycles. The Hall–Kier alpha value is -2.32. The highest BCUT2D eigenvalue weighted by atomic mass is 32.1. The molecule has 2 heterocycles. The molecule has 25 heavy (non-hydrogen) atoms. The van der Waals surface area contributed by atoms with Crippen molar-refractivity contribution in [2.45, 2.75) is 26.8 Å². The van der Waals surface area contributed by atoms with Gasteiger partial charge in [0.05, 0.1) is 5.69 Å². The van der Waals surface area contributed by atoms with Crippen LogP contribution in [-0.2, 0) is 17.8 Å². The Morgan fingerprint density at radius 2 is 2.08 bits per heavy atom. The molecule has 8 heteroatoms. The number of aromatic nitrogens is 2. The van der Waals surface area contributed by atoms with Gasteiger partial charge in [-0.05, 0) is 25.5 Å². The molecule has 0 radical (unpaired) electrons. The average molecular weight is 377 g/mol.